The summed E-state index contributed by atoms with van der Waals surface area (Å²) in [6, 6.07) is 0. The average Bonchev–Trinajstić information content (AvgIpc) is 1.85. The van der Waals surface area contributed by atoms with Crippen LogP contribution in [0.5, 0.6) is 0 Å². The molecule has 0 aromatic rings. The van der Waals surface area contributed by atoms with E-state index in [2.05, 4.69) is 10.3 Å². The van der Waals surface area contributed by atoms with Crippen LogP contribution in [-0.4, -0.2) is 19.6 Å². The van der Waals surface area contributed by atoms with Crippen LogP contribution in [0.1, 0.15) is 6.92 Å². The molecule has 0 bridgehead atoms. The lowest BCUT2D eigenvalue weighted by Crippen LogP contribution is -2.06. The molecule has 0 aromatic heterocycles. The van der Waals surface area contributed by atoms with Gasteiger partial charge in [0.2, 0.25) is 0 Å². The van der Waals surface area contributed by atoms with Crippen LogP contribution in [0.15, 0.2) is 16.8 Å². The molecule has 3 heteroatoms. The summed E-state index contributed by atoms with van der Waals surface area (Å²) in [5, 5.41) is 9.34. The van der Waals surface area contributed by atoms with Crippen molar-refractivity contribution in [1.29, 1.82) is 5.41 Å². The number of nitrogens with zero attached hydrogens (tertiary/aromatic N) is 1. The summed E-state index contributed by atoms with van der Waals surface area (Å²) in [5.41, 5.74) is 0.913. The molecule has 0 rings (SSSR count). The van der Waals surface area contributed by atoms with Gasteiger partial charge in [-0.25, -0.2) is 0 Å². The second-order valence-corrected chi connectivity index (χ2v) is 1.55. The Balaban J connectivity index is 3.68. The summed E-state index contributed by atoms with van der Waals surface area (Å²) in [4.78, 5) is 3.74. The minimum Gasteiger partial charge on any atom is -0.351 e. The maximum absolute atomic E-state index is 6.65. The molecule has 0 radical (unpaired) electrons. The van der Waals surface area contributed by atoms with Crippen LogP contribution in [0.3, 0.4) is 0 Å². The molecule has 9 heavy (non-hydrogen) atoms. The number of hydrogen-bond donors (Lipinski definition) is 2. The molecule has 0 unspecified atom stereocenters. The number of hydrogen-bond acceptors (Lipinski definition) is 2. The van der Waals surface area contributed by atoms with Gasteiger partial charge in [0, 0.05) is 19.0 Å². The fourth-order valence-electron chi connectivity index (χ4n) is 0.348. The Hall–Kier alpha value is -1.12. The predicted octanol–water partition coefficient (Wildman–Crippen LogP) is 0.787. The van der Waals surface area contributed by atoms with Gasteiger partial charge in [-0.3, -0.25) is 10.4 Å². The second kappa shape index (κ2) is 5.03. The molecular weight excluding hydrogens is 114 g/mol. The Bertz CT molecular complexity index is 135. The SMILES string of the molecule is CN=CC=C(C)NC=N. The first kappa shape index (κ1) is 7.88. The van der Waals surface area contributed by atoms with Gasteiger partial charge in [0.05, 0.1) is 6.34 Å². The Labute approximate surface area is 55.0 Å². The largest absolute Gasteiger partial charge is 0.351 e. The normalized spacial score (nSPS) is 12.0. The lowest BCUT2D eigenvalue weighted by molar-refractivity contribution is 1.14. The van der Waals surface area contributed by atoms with E-state index in [0.29, 0.717) is 0 Å². The highest BCUT2D eigenvalue weighted by atomic mass is 14.9. The molecular formula is C6H11N3. The van der Waals surface area contributed by atoms with Crippen molar-refractivity contribution in [2.75, 3.05) is 7.05 Å². The van der Waals surface area contributed by atoms with Crippen LogP contribution < -0.4 is 5.32 Å². The van der Waals surface area contributed by atoms with E-state index >= 15 is 0 Å². The Morgan fingerprint density at radius 2 is 2.33 bits per heavy atom. The molecule has 0 aliphatic rings. The highest BCUT2D eigenvalue weighted by molar-refractivity contribution is 5.72. The van der Waals surface area contributed by atoms with E-state index in [1.54, 1.807) is 19.3 Å². The van der Waals surface area contributed by atoms with Crippen molar-refractivity contribution < 1.29 is 0 Å². The highest BCUT2D eigenvalue weighted by Crippen LogP contribution is 1.79. The van der Waals surface area contributed by atoms with Gasteiger partial charge in [-0.15, -0.1) is 0 Å². The molecule has 0 saturated carbocycles. The standard InChI is InChI=1S/C6H11N3/c1-6(9-5-7)3-4-8-2/h3-5H,1-2H3,(H2,7,9). The van der Waals surface area contributed by atoms with Crippen molar-refractivity contribution in [3.05, 3.63) is 11.8 Å². The quantitative estimate of drug-likeness (QED) is 0.425. The Morgan fingerprint density at radius 1 is 1.67 bits per heavy atom. The summed E-state index contributed by atoms with van der Waals surface area (Å²) in [5.74, 6) is 0. The minimum atomic E-state index is 0.913. The van der Waals surface area contributed by atoms with Crippen LogP contribution in [0, 0.1) is 5.41 Å². The fourth-order valence-corrected chi connectivity index (χ4v) is 0.348. The molecule has 3 nitrogen and oxygen atoms in total. The smallest absolute Gasteiger partial charge is 0.0832 e. The van der Waals surface area contributed by atoms with Gasteiger partial charge in [-0.2, -0.15) is 0 Å². The van der Waals surface area contributed by atoms with Gasteiger partial charge in [0.1, 0.15) is 0 Å². The van der Waals surface area contributed by atoms with Gasteiger partial charge in [-0.1, -0.05) is 0 Å². The van der Waals surface area contributed by atoms with E-state index in [9.17, 15) is 0 Å². The van der Waals surface area contributed by atoms with Crippen molar-refractivity contribution in [1.82, 2.24) is 5.32 Å². The Morgan fingerprint density at radius 3 is 2.78 bits per heavy atom. The lowest BCUT2D eigenvalue weighted by Gasteiger charge is -1.93. The van der Waals surface area contributed by atoms with Crippen molar-refractivity contribution >= 4 is 12.6 Å². The second-order valence-electron chi connectivity index (χ2n) is 1.55. The summed E-state index contributed by atoms with van der Waals surface area (Å²) >= 11 is 0. The van der Waals surface area contributed by atoms with E-state index < -0.39 is 0 Å². The van der Waals surface area contributed by atoms with Crippen LogP contribution >= 0.6 is 0 Å². The number of allylic oxidation sites excluding steroid dienone is 2. The fraction of sp³-hybridized carbons (Fsp3) is 0.333. The topological polar surface area (TPSA) is 48.2 Å². The molecule has 0 aromatic carbocycles. The van der Waals surface area contributed by atoms with Crippen molar-refractivity contribution in [2.45, 2.75) is 6.92 Å². The molecule has 0 amide bonds. The Kier molecular flexibility index (Phi) is 4.40. The van der Waals surface area contributed by atoms with Gasteiger partial charge in [0.25, 0.3) is 0 Å². The minimum absolute atomic E-state index is 0.913. The third-order valence-corrected chi connectivity index (χ3v) is 0.773. The van der Waals surface area contributed by atoms with Crippen molar-refractivity contribution in [3.63, 3.8) is 0 Å². The van der Waals surface area contributed by atoms with E-state index in [0.717, 1.165) is 12.0 Å². The number of rotatable bonds is 3. The molecule has 0 atom stereocenters. The predicted molar refractivity (Wildman–Crippen MR) is 40.1 cm³/mol. The third kappa shape index (κ3) is 4.74. The van der Waals surface area contributed by atoms with Gasteiger partial charge >= 0.3 is 0 Å². The summed E-state index contributed by atoms with van der Waals surface area (Å²) in [6.45, 7) is 1.87. The molecule has 0 aliphatic heterocycles. The number of nitrogens with one attached hydrogen (secondary N) is 2. The first-order chi connectivity index (χ1) is 4.31. The van der Waals surface area contributed by atoms with Crippen molar-refractivity contribution in [3.8, 4) is 0 Å². The van der Waals surface area contributed by atoms with Crippen LogP contribution in [0.25, 0.3) is 0 Å². The van der Waals surface area contributed by atoms with Gasteiger partial charge in [-0.05, 0) is 13.0 Å². The maximum atomic E-state index is 6.65. The van der Waals surface area contributed by atoms with Gasteiger partial charge < -0.3 is 5.32 Å². The first-order valence-corrected chi connectivity index (χ1v) is 2.65. The molecule has 0 fully saturated rings. The molecule has 0 saturated heterocycles. The molecule has 50 valence electrons. The van der Waals surface area contributed by atoms with Crippen LogP contribution in [0.4, 0.5) is 0 Å². The third-order valence-electron chi connectivity index (χ3n) is 0.773. The molecule has 2 N–H and O–H groups in total. The zero-order chi connectivity index (χ0) is 7.11. The summed E-state index contributed by atoms with van der Waals surface area (Å²) in [7, 11) is 1.70. The maximum Gasteiger partial charge on any atom is 0.0832 e. The molecule has 0 spiro atoms. The van der Waals surface area contributed by atoms with E-state index in [1.807, 2.05) is 6.92 Å². The molecule has 0 heterocycles. The zero-order valence-electron chi connectivity index (χ0n) is 5.68. The van der Waals surface area contributed by atoms with Crippen molar-refractivity contribution in [2.24, 2.45) is 4.99 Å². The number of aliphatic imine (C=N–C) groups is 1. The van der Waals surface area contributed by atoms with E-state index in [-0.39, 0.29) is 0 Å². The molecule has 0 aliphatic carbocycles. The summed E-state index contributed by atoms with van der Waals surface area (Å²) in [6.07, 6.45) is 4.60. The van der Waals surface area contributed by atoms with Crippen LogP contribution in [0.2, 0.25) is 0 Å². The summed E-state index contributed by atoms with van der Waals surface area (Å²) < 4.78 is 0. The first-order valence-electron chi connectivity index (χ1n) is 2.65. The lowest BCUT2D eigenvalue weighted by atomic mass is 10.4. The zero-order valence-corrected chi connectivity index (χ0v) is 5.68. The highest BCUT2D eigenvalue weighted by Gasteiger charge is 1.76. The average molecular weight is 125 g/mol. The van der Waals surface area contributed by atoms with Crippen LogP contribution in [-0.2, 0) is 0 Å². The van der Waals surface area contributed by atoms with Gasteiger partial charge in [0.15, 0.2) is 0 Å². The van der Waals surface area contributed by atoms with E-state index in [4.69, 9.17) is 5.41 Å². The monoisotopic (exact) mass is 125 g/mol. The van der Waals surface area contributed by atoms with E-state index in [1.165, 1.54) is 0 Å².